The number of rotatable bonds is 4. The van der Waals surface area contributed by atoms with Crippen molar-refractivity contribution in [3.8, 4) is 0 Å². The van der Waals surface area contributed by atoms with Crippen LogP contribution in [-0.2, 0) is 7.05 Å². The summed E-state index contributed by atoms with van der Waals surface area (Å²) in [5.74, 6) is 0. The van der Waals surface area contributed by atoms with Gasteiger partial charge in [-0.05, 0) is 12.3 Å². The Morgan fingerprint density at radius 3 is 2.56 bits per heavy atom. The lowest BCUT2D eigenvalue weighted by Gasteiger charge is -2.29. The van der Waals surface area contributed by atoms with Crippen LogP contribution in [0.15, 0.2) is 12.4 Å². The Morgan fingerprint density at radius 2 is 2.12 bits per heavy atom. The summed E-state index contributed by atoms with van der Waals surface area (Å²) in [4.78, 5) is 0. The maximum absolute atomic E-state index is 9.93. The van der Waals surface area contributed by atoms with E-state index in [0.29, 0.717) is 12.6 Å². The molecule has 1 aromatic heterocycles. The van der Waals surface area contributed by atoms with Gasteiger partial charge >= 0.3 is 0 Å². The van der Waals surface area contributed by atoms with Crippen LogP contribution in [0, 0.1) is 5.41 Å². The number of aliphatic hydroxyl groups is 1. The molecule has 0 saturated heterocycles. The highest BCUT2D eigenvalue weighted by Gasteiger charge is 2.20. The van der Waals surface area contributed by atoms with E-state index < -0.39 is 6.10 Å². The zero-order valence-electron chi connectivity index (χ0n) is 10.9. The number of hydrogen-bond donors (Lipinski definition) is 2. The molecule has 2 unspecified atom stereocenters. The second kappa shape index (κ2) is 4.97. The van der Waals surface area contributed by atoms with E-state index in [0.717, 1.165) is 5.56 Å². The van der Waals surface area contributed by atoms with Crippen molar-refractivity contribution < 1.29 is 5.11 Å². The van der Waals surface area contributed by atoms with Crippen molar-refractivity contribution in [3.05, 3.63) is 18.0 Å². The molecule has 0 amide bonds. The van der Waals surface area contributed by atoms with Gasteiger partial charge in [-0.2, -0.15) is 5.10 Å². The average Bonchev–Trinajstić information content (AvgIpc) is 2.59. The van der Waals surface area contributed by atoms with Crippen LogP contribution in [0.25, 0.3) is 0 Å². The molecule has 4 nitrogen and oxygen atoms in total. The number of nitrogens with zero attached hydrogens (tertiary/aromatic N) is 2. The first kappa shape index (κ1) is 13.2. The van der Waals surface area contributed by atoms with E-state index in [9.17, 15) is 5.11 Å². The van der Waals surface area contributed by atoms with Crippen LogP contribution in [0.3, 0.4) is 0 Å². The molecule has 0 spiro atoms. The van der Waals surface area contributed by atoms with E-state index in [4.69, 9.17) is 0 Å². The maximum atomic E-state index is 9.93. The molecule has 0 saturated carbocycles. The second-order valence-electron chi connectivity index (χ2n) is 5.46. The first-order chi connectivity index (χ1) is 7.30. The third-order valence-corrected chi connectivity index (χ3v) is 3.03. The number of aryl methyl sites for hydroxylation is 1. The predicted octanol–water partition coefficient (Wildman–Crippen LogP) is 1.48. The van der Waals surface area contributed by atoms with Gasteiger partial charge < -0.3 is 10.4 Å². The molecule has 16 heavy (non-hydrogen) atoms. The summed E-state index contributed by atoms with van der Waals surface area (Å²) in [5, 5.41) is 17.3. The van der Waals surface area contributed by atoms with Crippen LogP contribution in [0.2, 0.25) is 0 Å². The van der Waals surface area contributed by atoms with Crippen molar-refractivity contribution in [1.29, 1.82) is 0 Å². The van der Waals surface area contributed by atoms with Crippen LogP contribution in [-0.4, -0.2) is 27.5 Å². The van der Waals surface area contributed by atoms with Gasteiger partial charge in [0.05, 0.1) is 12.3 Å². The van der Waals surface area contributed by atoms with Crippen molar-refractivity contribution in [3.63, 3.8) is 0 Å². The van der Waals surface area contributed by atoms with E-state index in [1.54, 1.807) is 10.9 Å². The largest absolute Gasteiger partial charge is 0.387 e. The van der Waals surface area contributed by atoms with Crippen LogP contribution in [0.1, 0.15) is 39.4 Å². The summed E-state index contributed by atoms with van der Waals surface area (Å²) in [6.07, 6.45) is 3.06. The normalized spacial score (nSPS) is 16.1. The highest BCUT2D eigenvalue weighted by molar-refractivity contribution is 5.08. The van der Waals surface area contributed by atoms with Gasteiger partial charge in [0, 0.05) is 31.4 Å². The summed E-state index contributed by atoms with van der Waals surface area (Å²) in [6.45, 7) is 9.24. The molecule has 0 aromatic carbocycles. The van der Waals surface area contributed by atoms with E-state index >= 15 is 0 Å². The molecule has 0 bridgehead atoms. The molecule has 0 fully saturated rings. The van der Waals surface area contributed by atoms with Crippen molar-refractivity contribution in [1.82, 2.24) is 15.1 Å². The van der Waals surface area contributed by atoms with Crippen molar-refractivity contribution in [2.24, 2.45) is 12.5 Å². The van der Waals surface area contributed by atoms with Gasteiger partial charge in [-0.15, -0.1) is 0 Å². The Bertz CT molecular complexity index is 327. The first-order valence-corrected chi connectivity index (χ1v) is 5.70. The number of nitrogens with one attached hydrogen (secondary N) is 1. The van der Waals surface area contributed by atoms with Crippen LogP contribution < -0.4 is 5.32 Å². The SMILES string of the molecule is CC(NCC(O)c1cnn(C)c1)C(C)(C)C. The summed E-state index contributed by atoms with van der Waals surface area (Å²) in [6, 6.07) is 0.360. The molecule has 1 heterocycles. The molecule has 1 rings (SSSR count). The molecule has 92 valence electrons. The third kappa shape index (κ3) is 3.61. The molecule has 0 aliphatic rings. The van der Waals surface area contributed by atoms with Gasteiger partial charge in [0.25, 0.3) is 0 Å². The second-order valence-corrected chi connectivity index (χ2v) is 5.46. The molecular formula is C12H23N3O. The fourth-order valence-corrected chi connectivity index (χ4v) is 1.32. The molecule has 0 radical (unpaired) electrons. The summed E-state index contributed by atoms with van der Waals surface area (Å²) in [7, 11) is 1.85. The highest BCUT2D eigenvalue weighted by atomic mass is 16.3. The molecule has 1 aromatic rings. The van der Waals surface area contributed by atoms with Gasteiger partial charge in [-0.25, -0.2) is 0 Å². The van der Waals surface area contributed by atoms with Crippen LogP contribution >= 0.6 is 0 Å². The van der Waals surface area contributed by atoms with Gasteiger partial charge in [-0.3, -0.25) is 4.68 Å². The van der Waals surface area contributed by atoms with E-state index in [-0.39, 0.29) is 5.41 Å². The quantitative estimate of drug-likeness (QED) is 0.816. The molecule has 0 aliphatic heterocycles. The zero-order chi connectivity index (χ0) is 12.3. The average molecular weight is 225 g/mol. The molecule has 4 heteroatoms. The molecular weight excluding hydrogens is 202 g/mol. The monoisotopic (exact) mass is 225 g/mol. The van der Waals surface area contributed by atoms with E-state index in [2.05, 4.69) is 38.1 Å². The molecule has 0 aliphatic carbocycles. The Morgan fingerprint density at radius 1 is 1.50 bits per heavy atom. The lowest BCUT2D eigenvalue weighted by molar-refractivity contribution is 0.158. The van der Waals surface area contributed by atoms with E-state index in [1.807, 2.05) is 13.2 Å². The molecule has 2 N–H and O–H groups in total. The van der Waals surface area contributed by atoms with E-state index in [1.165, 1.54) is 0 Å². The minimum Gasteiger partial charge on any atom is -0.387 e. The lowest BCUT2D eigenvalue weighted by atomic mass is 9.88. The van der Waals surface area contributed by atoms with Crippen LogP contribution in [0.5, 0.6) is 0 Å². The first-order valence-electron chi connectivity index (χ1n) is 5.70. The summed E-state index contributed by atoms with van der Waals surface area (Å²) < 4.78 is 1.70. The number of aliphatic hydroxyl groups excluding tert-OH is 1. The number of hydrogen-bond acceptors (Lipinski definition) is 3. The standard InChI is InChI=1S/C12H23N3O/c1-9(12(2,3)4)13-7-11(16)10-6-14-15(5)8-10/h6,8-9,11,13,16H,7H2,1-5H3. The topological polar surface area (TPSA) is 50.1 Å². The fourth-order valence-electron chi connectivity index (χ4n) is 1.32. The van der Waals surface area contributed by atoms with Crippen molar-refractivity contribution >= 4 is 0 Å². The Hall–Kier alpha value is -0.870. The Balaban J connectivity index is 2.44. The maximum Gasteiger partial charge on any atom is 0.0944 e. The van der Waals surface area contributed by atoms with Gasteiger partial charge in [0.1, 0.15) is 0 Å². The minimum atomic E-state index is -0.488. The third-order valence-electron chi connectivity index (χ3n) is 3.03. The van der Waals surface area contributed by atoms with Gasteiger partial charge in [-0.1, -0.05) is 20.8 Å². The summed E-state index contributed by atoms with van der Waals surface area (Å²) >= 11 is 0. The van der Waals surface area contributed by atoms with Crippen molar-refractivity contribution in [2.75, 3.05) is 6.54 Å². The Labute approximate surface area is 97.7 Å². The zero-order valence-corrected chi connectivity index (χ0v) is 10.9. The Kier molecular flexibility index (Phi) is 4.10. The minimum absolute atomic E-state index is 0.203. The number of aromatic nitrogens is 2. The van der Waals surface area contributed by atoms with Gasteiger partial charge in [0.2, 0.25) is 0 Å². The van der Waals surface area contributed by atoms with Crippen molar-refractivity contribution in [2.45, 2.75) is 39.8 Å². The highest BCUT2D eigenvalue weighted by Crippen LogP contribution is 2.19. The smallest absolute Gasteiger partial charge is 0.0944 e. The fraction of sp³-hybridized carbons (Fsp3) is 0.750. The predicted molar refractivity (Wildman–Crippen MR) is 65.1 cm³/mol. The summed E-state index contributed by atoms with van der Waals surface area (Å²) in [5.41, 5.74) is 1.06. The molecule has 2 atom stereocenters. The lowest BCUT2D eigenvalue weighted by Crippen LogP contribution is -2.39. The van der Waals surface area contributed by atoms with Gasteiger partial charge in [0.15, 0.2) is 0 Å². The van der Waals surface area contributed by atoms with Crippen LogP contribution in [0.4, 0.5) is 0 Å².